The molecule has 1 aromatic heterocycles. The topological polar surface area (TPSA) is 73.1 Å². The van der Waals surface area contributed by atoms with Gasteiger partial charge in [0.05, 0.1) is 12.1 Å². The van der Waals surface area contributed by atoms with Crippen LogP contribution in [0, 0.1) is 0 Å². The largest absolute Gasteiger partial charge is 0.495 e. The zero-order valence-electron chi connectivity index (χ0n) is 9.45. The number of aromatic nitrogens is 2. The number of nitrogen functional groups attached to an aromatic ring is 1. The molecule has 7 heteroatoms. The molecule has 0 fully saturated rings. The SMILES string of the molecule is COc1cc(Nc2cc(Cl)nc(N)n2)ccc1Cl. The van der Waals surface area contributed by atoms with Gasteiger partial charge in [-0.05, 0) is 12.1 Å². The van der Waals surface area contributed by atoms with Gasteiger partial charge in [-0.25, -0.2) is 4.98 Å². The first-order valence-electron chi connectivity index (χ1n) is 4.99. The number of ether oxygens (including phenoxy) is 1. The normalized spacial score (nSPS) is 10.2. The van der Waals surface area contributed by atoms with Crippen LogP contribution < -0.4 is 15.8 Å². The van der Waals surface area contributed by atoms with Crippen LogP contribution >= 0.6 is 23.2 Å². The van der Waals surface area contributed by atoms with Crippen molar-refractivity contribution in [2.75, 3.05) is 18.2 Å². The van der Waals surface area contributed by atoms with E-state index in [1.807, 2.05) is 0 Å². The highest BCUT2D eigenvalue weighted by molar-refractivity contribution is 6.32. The Bertz CT molecular complexity index is 557. The molecule has 1 aromatic carbocycles. The minimum atomic E-state index is 0.103. The Balaban J connectivity index is 2.28. The summed E-state index contributed by atoms with van der Waals surface area (Å²) in [6.45, 7) is 0. The maximum absolute atomic E-state index is 5.93. The predicted molar refractivity (Wildman–Crippen MR) is 72.7 cm³/mol. The quantitative estimate of drug-likeness (QED) is 0.848. The van der Waals surface area contributed by atoms with E-state index in [1.54, 1.807) is 31.4 Å². The number of nitrogens with two attached hydrogens (primary N) is 1. The zero-order valence-corrected chi connectivity index (χ0v) is 11.0. The Kier molecular flexibility index (Phi) is 3.74. The number of halogens is 2. The number of nitrogens with zero attached hydrogens (tertiary/aromatic N) is 2. The van der Waals surface area contributed by atoms with Gasteiger partial charge in [0.15, 0.2) is 0 Å². The Morgan fingerprint density at radius 3 is 2.67 bits per heavy atom. The first-order chi connectivity index (χ1) is 8.58. The number of nitrogens with one attached hydrogen (secondary N) is 1. The van der Waals surface area contributed by atoms with Crippen LogP contribution in [-0.4, -0.2) is 17.1 Å². The number of methoxy groups -OCH3 is 1. The van der Waals surface area contributed by atoms with Crippen molar-refractivity contribution in [3.63, 3.8) is 0 Å². The van der Waals surface area contributed by atoms with Gasteiger partial charge in [-0.15, -0.1) is 0 Å². The number of hydrogen-bond acceptors (Lipinski definition) is 5. The van der Waals surface area contributed by atoms with Crippen molar-refractivity contribution < 1.29 is 4.74 Å². The van der Waals surface area contributed by atoms with E-state index < -0.39 is 0 Å². The van der Waals surface area contributed by atoms with E-state index in [0.717, 1.165) is 5.69 Å². The molecule has 0 unspecified atom stereocenters. The van der Waals surface area contributed by atoms with Gasteiger partial charge in [-0.3, -0.25) is 0 Å². The monoisotopic (exact) mass is 284 g/mol. The van der Waals surface area contributed by atoms with Crippen molar-refractivity contribution >= 4 is 40.7 Å². The van der Waals surface area contributed by atoms with Gasteiger partial charge in [0.25, 0.3) is 0 Å². The van der Waals surface area contributed by atoms with E-state index >= 15 is 0 Å². The molecule has 18 heavy (non-hydrogen) atoms. The number of anilines is 3. The summed E-state index contributed by atoms with van der Waals surface area (Å²) in [5.41, 5.74) is 6.26. The molecule has 2 aromatic rings. The van der Waals surface area contributed by atoms with Crippen molar-refractivity contribution in [2.24, 2.45) is 0 Å². The molecule has 0 aliphatic heterocycles. The minimum absolute atomic E-state index is 0.103. The zero-order chi connectivity index (χ0) is 13.1. The summed E-state index contributed by atoms with van der Waals surface area (Å²) in [7, 11) is 1.55. The van der Waals surface area contributed by atoms with Crippen LogP contribution in [0.2, 0.25) is 10.2 Å². The molecule has 0 aliphatic rings. The van der Waals surface area contributed by atoms with E-state index in [0.29, 0.717) is 16.6 Å². The summed E-state index contributed by atoms with van der Waals surface area (Å²) >= 11 is 11.7. The standard InChI is InChI=1S/C11H10Cl2N4O/c1-18-8-4-6(2-3-7(8)12)15-10-5-9(13)16-11(14)17-10/h2-5H,1H3,(H3,14,15,16,17). The Labute approximate surface area is 114 Å². The van der Waals surface area contributed by atoms with Gasteiger partial charge >= 0.3 is 0 Å². The molecule has 3 N–H and O–H groups in total. The second kappa shape index (κ2) is 5.29. The van der Waals surface area contributed by atoms with Crippen molar-refractivity contribution in [3.05, 3.63) is 34.4 Å². The van der Waals surface area contributed by atoms with Gasteiger partial charge in [0, 0.05) is 17.8 Å². The van der Waals surface area contributed by atoms with Crippen molar-refractivity contribution in [2.45, 2.75) is 0 Å². The van der Waals surface area contributed by atoms with Gasteiger partial charge in [-0.2, -0.15) is 4.98 Å². The molecule has 0 saturated carbocycles. The lowest BCUT2D eigenvalue weighted by atomic mass is 10.3. The smallest absolute Gasteiger partial charge is 0.223 e. The van der Waals surface area contributed by atoms with E-state index in [4.69, 9.17) is 33.7 Å². The van der Waals surface area contributed by atoms with E-state index in [1.165, 1.54) is 0 Å². The van der Waals surface area contributed by atoms with Crippen LogP contribution in [0.4, 0.5) is 17.5 Å². The maximum atomic E-state index is 5.93. The Hall–Kier alpha value is -1.72. The van der Waals surface area contributed by atoms with Crippen molar-refractivity contribution in [1.29, 1.82) is 0 Å². The molecule has 0 atom stereocenters. The molecule has 2 rings (SSSR count). The summed E-state index contributed by atoms with van der Waals surface area (Å²) in [4.78, 5) is 7.77. The molecule has 0 radical (unpaired) electrons. The number of benzene rings is 1. The maximum Gasteiger partial charge on any atom is 0.223 e. The minimum Gasteiger partial charge on any atom is -0.495 e. The average Bonchev–Trinajstić information content (AvgIpc) is 2.30. The molecule has 0 saturated heterocycles. The lowest BCUT2D eigenvalue weighted by Gasteiger charge is -2.09. The fourth-order valence-electron chi connectivity index (χ4n) is 1.38. The van der Waals surface area contributed by atoms with Crippen molar-refractivity contribution in [1.82, 2.24) is 9.97 Å². The van der Waals surface area contributed by atoms with Crippen LogP contribution in [0.3, 0.4) is 0 Å². The second-order valence-corrected chi connectivity index (χ2v) is 4.20. The number of hydrogen-bond donors (Lipinski definition) is 2. The van der Waals surface area contributed by atoms with E-state index in [9.17, 15) is 0 Å². The summed E-state index contributed by atoms with van der Waals surface area (Å²) in [6.07, 6.45) is 0. The highest BCUT2D eigenvalue weighted by atomic mass is 35.5. The van der Waals surface area contributed by atoms with Gasteiger partial charge in [0.2, 0.25) is 5.95 Å². The van der Waals surface area contributed by atoms with E-state index in [-0.39, 0.29) is 11.1 Å². The van der Waals surface area contributed by atoms with Crippen LogP contribution in [0.25, 0.3) is 0 Å². The molecule has 94 valence electrons. The fraction of sp³-hybridized carbons (Fsp3) is 0.0909. The van der Waals surface area contributed by atoms with Gasteiger partial charge in [-0.1, -0.05) is 23.2 Å². The first-order valence-corrected chi connectivity index (χ1v) is 5.74. The molecular formula is C11H10Cl2N4O. The van der Waals surface area contributed by atoms with Crippen LogP contribution in [-0.2, 0) is 0 Å². The van der Waals surface area contributed by atoms with Crippen LogP contribution in [0.15, 0.2) is 24.3 Å². The third kappa shape index (κ3) is 2.94. The Morgan fingerprint density at radius 2 is 2.00 bits per heavy atom. The second-order valence-electron chi connectivity index (χ2n) is 3.41. The lowest BCUT2D eigenvalue weighted by Crippen LogP contribution is -2.00. The highest BCUT2D eigenvalue weighted by Crippen LogP contribution is 2.29. The lowest BCUT2D eigenvalue weighted by molar-refractivity contribution is 0.415. The molecule has 5 nitrogen and oxygen atoms in total. The predicted octanol–water partition coefficient (Wildman–Crippen LogP) is 3.12. The third-order valence-corrected chi connectivity index (χ3v) is 2.64. The fourth-order valence-corrected chi connectivity index (χ4v) is 1.77. The highest BCUT2D eigenvalue weighted by Gasteiger charge is 2.04. The van der Waals surface area contributed by atoms with Crippen LogP contribution in [0.1, 0.15) is 0 Å². The Morgan fingerprint density at radius 1 is 1.22 bits per heavy atom. The number of rotatable bonds is 3. The molecular weight excluding hydrogens is 275 g/mol. The van der Waals surface area contributed by atoms with E-state index in [2.05, 4.69) is 15.3 Å². The molecule has 1 heterocycles. The molecule has 0 amide bonds. The third-order valence-electron chi connectivity index (χ3n) is 2.14. The molecule has 0 aliphatic carbocycles. The summed E-state index contributed by atoms with van der Waals surface area (Å²) < 4.78 is 5.12. The van der Waals surface area contributed by atoms with Gasteiger partial charge < -0.3 is 15.8 Å². The average molecular weight is 285 g/mol. The molecule has 0 bridgehead atoms. The summed E-state index contributed by atoms with van der Waals surface area (Å²) in [6, 6.07) is 6.82. The van der Waals surface area contributed by atoms with Crippen LogP contribution in [0.5, 0.6) is 5.75 Å². The summed E-state index contributed by atoms with van der Waals surface area (Å²) in [5.74, 6) is 1.16. The van der Waals surface area contributed by atoms with Gasteiger partial charge in [0.1, 0.15) is 16.7 Å². The summed E-state index contributed by atoms with van der Waals surface area (Å²) in [5, 5.41) is 3.83. The van der Waals surface area contributed by atoms with Crippen molar-refractivity contribution in [3.8, 4) is 5.75 Å². The first kappa shape index (κ1) is 12.7. The molecule has 0 spiro atoms.